The fraction of sp³-hybridized carbons (Fsp3) is 0.647. The van der Waals surface area contributed by atoms with E-state index in [0.717, 1.165) is 5.56 Å². The summed E-state index contributed by atoms with van der Waals surface area (Å²) in [5.41, 5.74) is 0.243. The lowest BCUT2D eigenvalue weighted by atomic mass is 9.72. The summed E-state index contributed by atoms with van der Waals surface area (Å²) in [7, 11) is 0. The van der Waals surface area contributed by atoms with E-state index in [9.17, 15) is 13.9 Å². The third-order valence-corrected chi connectivity index (χ3v) is 4.23. The second kappa shape index (κ2) is 6.66. The molecule has 0 fully saturated rings. The average Bonchev–Trinajstić information content (AvgIpc) is 2.38. The first-order chi connectivity index (χ1) is 9.25. The quantitative estimate of drug-likeness (QED) is 0.784. The predicted octanol–water partition coefficient (Wildman–Crippen LogP) is 4.94. The van der Waals surface area contributed by atoms with Crippen molar-refractivity contribution in [3.05, 3.63) is 35.4 Å². The van der Waals surface area contributed by atoms with Crippen molar-refractivity contribution < 1.29 is 13.9 Å². The van der Waals surface area contributed by atoms with Crippen LogP contribution in [0.25, 0.3) is 0 Å². The molecule has 0 aliphatic carbocycles. The third-order valence-electron chi connectivity index (χ3n) is 4.23. The Morgan fingerprint density at radius 1 is 1.05 bits per heavy atom. The fourth-order valence-corrected chi connectivity index (χ4v) is 2.79. The van der Waals surface area contributed by atoms with Gasteiger partial charge in [0, 0.05) is 0 Å². The molecule has 0 aromatic heterocycles. The van der Waals surface area contributed by atoms with E-state index in [1.54, 1.807) is 32.9 Å². The minimum absolute atomic E-state index is 0.248. The van der Waals surface area contributed by atoms with Crippen molar-refractivity contribution in [2.24, 2.45) is 11.8 Å². The van der Waals surface area contributed by atoms with Crippen LogP contribution in [0.3, 0.4) is 0 Å². The maximum Gasteiger partial charge on any atom is 0.244 e. The zero-order valence-corrected chi connectivity index (χ0v) is 13.0. The van der Waals surface area contributed by atoms with Crippen molar-refractivity contribution in [1.82, 2.24) is 0 Å². The molecule has 1 N–H and O–H groups in total. The van der Waals surface area contributed by atoms with Gasteiger partial charge in [-0.2, -0.15) is 0 Å². The van der Waals surface area contributed by atoms with Crippen LogP contribution in [-0.4, -0.2) is 11.5 Å². The number of hydrogen-bond donors (Lipinski definition) is 1. The van der Waals surface area contributed by atoms with Crippen molar-refractivity contribution >= 4 is 0 Å². The highest BCUT2D eigenvalue weighted by Gasteiger charge is 2.45. The second-order valence-electron chi connectivity index (χ2n) is 6.11. The van der Waals surface area contributed by atoms with E-state index in [4.69, 9.17) is 0 Å². The highest BCUT2D eigenvalue weighted by Crippen LogP contribution is 2.42. The molecule has 0 saturated carbocycles. The molecule has 0 heterocycles. The van der Waals surface area contributed by atoms with Crippen LogP contribution >= 0.6 is 0 Å². The first kappa shape index (κ1) is 17.1. The van der Waals surface area contributed by atoms with Gasteiger partial charge in [-0.05, 0) is 29.4 Å². The van der Waals surface area contributed by atoms with E-state index >= 15 is 0 Å². The monoisotopic (exact) mass is 284 g/mol. The van der Waals surface area contributed by atoms with Crippen molar-refractivity contribution in [2.75, 3.05) is 0 Å². The standard InChI is InChI=1S/C17H26F2O/c1-6-15(16(18)19)17(20,12(4)5)14-9-7-13(8-10-14)11(2)3/h7-12,15-16,20H,6H2,1-5H3. The first-order valence-electron chi connectivity index (χ1n) is 7.36. The molecule has 0 aliphatic heterocycles. The fourth-order valence-electron chi connectivity index (χ4n) is 2.79. The van der Waals surface area contributed by atoms with Crippen LogP contribution in [0, 0.1) is 11.8 Å². The highest BCUT2D eigenvalue weighted by molar-refractivity contribution is 5.30. The van der Waals surface area contributed by atoms with Crippen molar-refractivity contribution in [3.8, 4) is 0 Å². The molecule has 0 bridgehead atoms. The zero-order chi connectivity index (χ0) is 15.5. The molecule has 20 heavy (non-hydrogen) atoms. The topological polar surface area (TPSA) is 20.2 Å². The van der Waals surface area contributed by atoms with Crippen LogP contribution in [0.2, 0.25) is 0 Å². The lowest BCUT2D eigenvalue weighted by Crippen LogP contribution is -2.43. The lowest BCUT2D eigenvalue weighted by Gasteiger charge is -2.39. The zero-order valence-electron chi connectivity index (χ0n) is 13.0. The minimum atomic E-state index is -2.53. The molecule has 2 atom stereocenters. The minimum Gasteiger partial charge on any atom is -0.384 e. The van der Waals surface area contributed by atoms with Gasteiger partial charge in [0.05, 0.1) is 5.92 Å². The third kappa shape index (κ3) is 3.20. The van der Waals surface area contributed by atoms with Gasteiger partial charge in [-0.3, -0.25) is 0 Å². The van der Waals surface area contributed by atoms with Crippen molar-refractivity contribution in [3.63, 3.8) is 0 Å². The predicted molar refractivity (Wildman–Crippen MR) is 79.1 cm³/mol. The number of halogens is 2. The molecule has 3 heteroatoms. The molecule has 0 amide bonds. The summed E-state index contributed by atoms with van der Waals surface area (Å²) in [5, 5.41) is 10.9. The van der Waals surface area contributed by atoms with Gasteiger partial charge in [0.15, 0.2) is 0 Å². The SMILES string of the molecule is CCC(C(F)F)C(O)(c1ccc(C(C)C)cc1)C(C)C. The van der Waals surface area contributed by atoms with Gasteiger partial charge in [0.25, 0.3) is 0 Å². The lowest BCUT2D eigenvalue weighted by molar-refractivity contribution is -0.121. The largest absolute Gasteiger partial charge is 0.384 e. The van der Waals surface area contributed by atoms with Crippen molar-refractivity contribution in [2.45, 2.75) is 59.0 Å². The summed E-state index contributed by atoms with van der Waals surface area (Å²) < 4.78 is 26.6. The smallest absolute Gasteiger partial charge is 0.244 e. The molecule has 0 saturated heterocycles. The van der Waals surface area contributed by atoms with E-state index in [1.165, 1.54) is 0 Å². The van der Waals surface area contributed by atoms with E-state index in [1.807, 2.05) is 12.1 Å². The first-order valence-corrected chi connectivity index (χ1v) is 7.36. The molecule has 114 valence electrons. The Morgan fingerprint density at radius 3 is 1.85 bits per heavy atom. The number of benzene rings is 1. The van der Waals surface area contributed by atoms with Crippen LogP contribution in [0.4, 0.5) is 8.78 Å². The summed E-state index contributed by atoms with van der Waals surface area (Å²) in [6, 6.07) is 7.43. The molecule has 1 rings (SSSR count). The van der Waals surface area contributed by atoms with Crippen LogP contribution in [0.1, 0.15) is 58.1 Å². The molecular weight excluding hydrogens is 258 g/mol. The number of aliphatic hydroxyl groups is 1. The Hall–Kier alpha value is -0.960. The van der Waals surface area contributed by atoms with Gasteiger partial charge >= 0.3 is 0 Å². The Balaban J connectivity index is 3.25. The number of rotatable bonds is 6. The summed E-state index contributed by atoms with van der Waals surface area (Å²) in [6.45, 7) is 9.45. The average molecular weight is 284 g/mol. The van der Waals surface area contributed by atoms with Gasteiger partial charge in [0.2, 0.25) is 6.43 Å². The Bertz CT molecular complexity index is 412. The van der Waals surface area contributed by atoms with Gasteiger partial charge in [0.1, 0.15) is 5.60 Å². The maximum absolute atomic E-state index is 13.3. The summed E-state index contributed by atoms with van der Waals surface area (Å²) in [6.07, 6.45) is -2.28. The van der Waals surface area contributed by atoms with E-state index in [0.29, 0.717) is 11.5 Å². The van der Waals surface area contributed by atoms with Gasteiger partial charge in [-0.15, -0.1) is 0 Å². The molecule has 0 spiro atoms. The highest BCUT2D eigenvalue weighted by atomic mass is 19.3. The van der Waals surface area contributed by atoms with Crippen LogP contribution in [0.5, 0.6) is 0 Å². The molecule has 0 radical (unpaired) electrons. The molecule has 0 aliphatic rings. The van der Waals surface area contributed by atoms with E-state index in [-0.39, 0.29) is 12.3 Å². The summed E-state index contributed by atoms with van der Waals surface area (Å²) in [4.78, 5) is 0. The van der Waals surface area contributed by atoms with E-state index < -0.39 is 17.9 Å². The molecule has 1 nitrogen and oxygen atoms in total. The molecule has 1 aromatic rings. The summed E-state index contributed by atoms with van der Waals surface area (Å²) in [5.74, 6) is -0.938. The number of alkyl halides is 2. The van der Waals surface area contributed by atoms with E-state index in [2.05, 4.69) is 13.8 Å². The maximum atomic E-state index is 13.3. The normalized spacial score (nSPS) is 16.8. The van der Waals surface area contributed by atoms with Gasteiger partial charge in [-0.25, -0.2) is 8.78 Å². The molecular formula is C17H26F2O. The van der Waals surface area contributed by atoms with Crippen LogP contribution in [-0.2, 0) is 5.60 Å². The Kier molecular flexibility index (Phi) is 5.69. The second-order valence-corrected chi connectivity index (χ2v) is 6.11. The Morgan fingerprint density at radius 2 is 1.55 bits per heavy atom. The summed E-state index contributed by atoms with van der Waals surface area (Å²) >= 11 is 0. The van der Waals surface area contributed by atoms with Crippen LogP contribution < -0.4 is 0 Å². The van der Waals surface area contributed by atoms with Gasteiger partial charge in [-0.1, -0.05) is 58.9 Å². The molecule has 2 unspecified atom stereocenters. The number of hydrogen-bond acceptors (Lipinski definition) is 1. The van der Waals surface area contributed by atoms with Crippen LogP contribution in [0.15, 0.2) is 24.3 Å². The Labute approximate surface area is 121 Å². The van der Waals surface area contributed by atoms with Crippen molar-refractivity contribution in [1.29, 1.82) is 0 Å². The van der Waals surface area contributed by atoms with Gasteiger partial charge < -0.3 is 5.11 Å². The molecule has 1 aromatic carbocycles.